The maximum absolute atomic E-state index is 12.2. The van der Waals surface area contributed by atoms with Gasteiger partial charge in [-0.3, -0.25) is 9.59 Å². The Bertz CT molecular complexity index is 533. The third-order valence-corrected chi connectivity index (χ3v) is 4.46. The van der Waals surface area contributed by atoms with Crippen LogP contribution in [0.5, 0.6) is 0 Å². The number of aliphatic hydroxyl groups excluding tert-OH is 1. The van der Waals surface area contributed by atoms with Crippen molar-refractivity contribution in [2.75, 3.05) is 30.8 Å². The van der Waals surface area contributed by atoms with E-state index < -0.39 is 6.10 Å². The van der Waals surface area contributed by atoms with Gasteiger partial charge in [0.05, 0.1) is 17.5 Å². The number of benzene rings is 1. The van der Waals surface area contributed by atoms with Crippen LogP contribution < -0.4 is 4.90 Å². The summed E-state index contributed by atoms with van der Waals surface area (Å²) in [6.45, 7) is 2.22. The van der Waals surface area contributed by atoms with Crippen LogP contribution in [0.3, 0.4) is 0 Å². The van der Waals surface area contributed by atoms with Crippen molar-refractivity contribution in [2.24, 2.45) is 0 Å². The lowest BCUT2D eigenvalue weighted by Gasteiger charge is -2.30. The molecular formula is C15H20N2O3S. The number of carbonyl (C=O) groups is 2. The Morgan fingerprint density at radius 2 is 2.19 bits per heavy atom. The molecule has 1 N–H and O–H groups in total. The highest BCUT2D eigenvalue weighted by molar-refractivity contribution is 8.00. The third kappa shape index (κ3) is 3.98. The lowest BCUT2D eigenvalue weighted by molar-refractivity contribution is -0.130. The van der Waals surface area contributed by atoms with Gasteiger partial charge in [0, 0.05) is 18.5 Å². The van der Waals surface area contributed by atoms with E-state index >= 15 is 0 Å². The van der Waals surface area contributed by atoms with Crippen LogP contribution in [-0.4, -0.2) is 53.8 Å². The molecule has 0 unspecified atom stereocenters. The van der Waals surface area contributed by atoms with E-state index in [2.05, 4.69) is 0 Å². The molecule has 1 aromatic rings. The molecule has 5 nitrogen and oxygen atoms in total. The van der Waals surface area contributed by atoms with Gasteiger partial charge in [-0.1, -0.05) is 12.1 Å². The van der Waals surface area contributed by atoms with Crippen molar-refractivity contribution in [3.05, 3.63) is 24.3 Å². The highest BCUT2D eigenvalue weighted by Gasteiger charge is 2.27. The number of carbonyl (C=O) groups excluding carboxylic acids is 2. The summed E-state index contributed by atoms with van der Waals surface area (Å²) in [5, 5.41) is 9.27. The predicted octanol–water partition coefficient (Wildman–Crippen LogP) is 1.35. The van der Waals surface area contributed by atoms with Crippen molar-refractivity contribution in [1.29, 1.82) is 0 Å². The lowest BCUT2D eigenvalue weighted by atomic mass is 10.2. The number of para-hydroxylation sites is 1. The fourth-order valence-electron chi connectivity index (χ4n) is 2.09. The average Bonchev–Trinajstić information content (AvgIpc) is 2.47. The number of aliphatic hydroxyl groups is 1. The van der Waals surface area contributed by atoms with E-state index in [-0.39, 0.29) is 18.4 Å². The van der Waals surface area contributed by atoms with Crippen LogP contribution >= 0.6 is 11.8 Å². The molecule has 0 saturated carbocycles. The van der Waals surface area contributed by atoms with E-state index in [1.165, 1.54) is 11.8 Å². The zero-order chi connectivity index (χ0) is 15.4. The molecule has 6 heteroatoms. The van der Waals surface area contributed by atoms with E-state index in [0.717, 1.165) is 10.6 Å². The molecule has 0 radical (unpaired) electrons. The molecular weight excluding hydrogens is 288 g/mol. The number of hydrogen-bond donors (Lipinski definition) is 1. The number of anilines is 1. The Kier molecular flexibility index (Phi) is 5.25. The summed E-state index contributed by atoms with van der Waals surface area (Å²) < 4.78 is 0. The Labute approximate surface area is 128 Å². The van der Waals surface area contributed by atoms with Crippen molar-refractivity contribution in [2.45, 2.75) is 24.3 Å². The molecule has 0 saturated heterocycles. The molecule has 1 aliphatic heterocycles. The summed E-state index contributed by atoms with van der Waals surface area (Å²) in [7, 11) is 1.69. The van der Waals surface area contributed by atoms with Crippen molar-refractivity contribution in [3.63, 3.8) is 0 Å². The molecule has 114 valence electrons. The second kappa shape index (κ2) is 6.95. The second-order valence-electron chi connectivity index (χ2n) is 5.19. The molecule has 0 fully saturated rings. The second-order valence-corrected chi connectivity index (χ2v) is 6.21. The molecule has 1 aliphatic rings. The van der Waals surface area contributed by atoms with Crippen LogP contribution in [0, 0.1) is 0 Å². The number of hydrogen-bond acceptors (Lipinski definition) is 4. The first-order valence-corrected chi connectivity index (χ1v) is 7.92. The number of likely N-dealkylation sites (N-methyl/N-ethyl adjacent to an activating group) is 1. The van der Waals surface area contributed by atoms with Gasteiger partial charge >= 0.3 is 0 Å². The zero-order valence-electron chi connectivity index (χ0n) is 12.3. The number of rotatable bonds is 5. The van der Waals surface area contributed by atoms with Gasteiger partial charge in [0.15, 0.2) is 0 Å². The average molecular weight is 308 g/mol. The van der Waals surface area contributed by atoms with E-state index in [9.17, 15) is 14.7 Å². The van der Waals surface area contributed by atoms with Gasteiger partial charge in [-0.25, -0.2) is 0 Å². The number of nitrogens with zero attached hydrogens (tertiary/aromatic N) is 2. The molecule has 1 atom stereocenters. The number of thioether (sulfide) groups is 1. The summed E-state index contributed by atoms with van der Waals surface area (Å²) in [4.78, 5) is 28.4. The number of fused-ring (bicyclic) bond motifs is 1. The van der Waals surface area contributed by atoms with Crippen molar-refractivity contribution >= 4 is 29.3 Å². The molecule has 2 amide bonds. The SMILES string of the molecule is C[C@H](O)CCN(C)C(=O)CN1C(=O)CSc2ccccc21. The van der Waals surface area contributed by atoms with Gasteiger partial charge in [0.2, 0.25) is 11.8 Å². The van der Waals surface area contributed by atoms with E-state index in [4.69, 9.17) is 0 Å². The lowest BCUT2D eigenvalue weighted by Crippen LogP contribution is -2.44. The van der Waals surface area contributed by atoms with E-state index in [1.54, 1.807) is 23.8 Å². The molecule has 21 heavy (non-hydrogen) atoms. The Balaban J connectivity index is 2.05. The van der Waals surface area contributed by atoms with Gasteiger partial charge in [0.25, 0.3) is 0 Å². The fourth-order valence-corrected chi connectivity index (χ4v) is 3.02. The highest BCUT2D eigenvalue weighted by atomic mass is 32.2. The Morgan fingerprint density at radius 1 is 1.48 bits per heavy atom. The minimum Gasteiger partial charge on any atom is -0.393 e. The third-order valence-electron chi connectivity index (χ3n) is 3.41. The number of amides is 2. The van der Waals surface area contributed by atoms with Gasteiger partial charge in [-0.2, -0.15) is 0 Å². The maximum atomic E-state index is 12.2. The van der Waals surface area contributed by atoms with Crippen LogP contribution in [-0.2, 0) is 9.59 Å². The van der Waals surface area contributed by atoms with Crippen molar-refractivity contribution in [3.8, 4) is 0 Å². The molecule has 1 heterocycles. The molecule has 0 aliphatic carbocycles. The van der Waals surface area contributed by atoms with Crippen molar-refractivity contribution < 1.29 is 14.7 Å². The van der Waals surface area contributed by atoms with Gasteiger partial charge in [-0.05, 0) is 25.5 Å². The smallest absolute Gasteiger partial charge is 0.242 e. The van der Waals surface area contributed by atoms with Gasteiger partial charge < -0.3 is 14.9 Å². The zero-order valence-corrected chi connectivity index (χ0v) is 13.1. The summed E-state index contributed by atoms with van der Waals surface area (Å²) in [5.41, 5.74) is 0.802. The molecule has 0 spiro atoms. The van der Waals surface area contributed by atoms with Crippen molar-refractivity contribution in [1.82, 2.24) is 4.90 Å². The summed E-state index contributed by atoms with van der Waals surface area (Å²) in [6.07, 6.45) is 0.0943. The summed E-state index contributed by atoms with van der Waals surface area (Å²) in [5.74, 6) is 0.198. The summed E-state index contributed by atoms with van der Waals surface area (Å²) in [6, 6.07) is 7.62. The highest BCUT2D eigenvalue weighted by Crippen LogP contribution is 2.34. The fraction of sp³-hybridized carbons (Fsp3) is 0.467. The first kappa shape index (κ1) is 15.9. The standard InChI is InChI=1S/C15H20N2O3S/c1-11(18)7-8-16(2)14(19)9-17-12-5-3-4-6-13(12)21-10-15(17)20/h3-6,11,18H,7-10H2,1-2H3/t11-/m0/s1. The van der Waals surface area contributed by atoms with Crippen LogP contribution in [0.1, 0.15) is 13.3 Å². The van der Waals surface area contributed by atoms with E-state index in [1.807, 2.05) is 24.3 Å². The monoisotopic (exact) mass is 308 g/mol. The maximum Gasteiger partial charge on any atom is 0.242 e. The molecule has 1 aromatic carbocycles. The Hall–Kier alpha value is -1.53. The van der Waals surface area contributed by atoms with Crippen LogP contribution in [0.15, 0.2) is 29.2 Å². The first-order chi connectivity index (χ1) is 9.99. The minimum absolute atomic E-state index is 0.0454. The normalized spacial score (nSPS) is 15.6. The van der Waals surface area contributed by atoms with Gasteiger partial charge in [0.1, 0.15) is 6.54 Å². The van der Waals surface area contributed by atoms with Gasteiger partial charge in [-0.15, -0.1) is 11.8 Å². The van der Waals surface area contributed by atoms with E-state index in [0.29, 0.717) is 18.7 Å². The Morgan fingerprint density at radius 3 is 2.90 bits per heavy atom. The predicted molar refractivity (Wildman–Crippen MR) is 83.5 cm³/mol. The molecule has 0 aromatic heterocycles. The van der Waals surface area contributed by atoms with Crippen LogP contribution in [0.4, 0.5) is 5.69 Å². The summed E-state index contributed by atoms with van der Waals surface area (Å²) >= 11 is 1.50. The molecule has 2 rings (SSSR count). The van der Waals surface area contributed by atoms with Crippen LogP contribution in [0.25, 0.3) is 0 Å². The minimum atomic E-state index is -0.436. The largest absolute Gasteiger partial charge is 0.393 e. The van der Waals surface area contributed by atoms with Crippen LogP contribution in [0.2, 0.25) is 0 Å². The quantitative estimate of drug-likeness (QED) is 0.892. The molecule has 0 bridgehead atoms. The topological polar surface area (TPSA) is 60.9 Å². The first-order valence-electron chi connectivity index (χ1n) is 6.93.